The van der Waals surface area contributed by atoms with Gasteiger partial charge in [0, 0.05) is 30.0 Å². The number of alkyl carbamates (subject to hydrolysis) is 1. The van der Waals surface area contributed by atoms with Crippen LogP contribution < -0.4 is 10.0 Å². The van der Waals surface area contributed by atoms with Gasteiger partial charge in [-0.2, -0.15) is 4.18 Å². The molecule has 0 saturated heterocycles. The van der Waals surface area contributed by atoms with Crippen LogP contribution in [0, 0.1) is 0 Å². The Kier molecular flexibility index (Phi) is 8.11. The van der Waals surface area contributed by atoms with Gasteiger partial charge in [-0.05, 0) is 55.5 Å². The van der Waals surface area contributed by atoms with Crippen LogP contribution in [-0.2, 0) is 39.4 Å². The number of benzene rings is 2. The molecule has 3 aromatic rings. The van der Waals surface area contributed by atoms with Crippen LogP contribution in [-0.4, -0.2) is 27.4 Å². The third-order valence-electron chi connectivity index (χ3n) is 4.54. The Bertz CT molecular complexity index is 1080. The summed E-state index contributed by atoms with van der Waals surface area (Å²) in [6.45, 7) is 5.93. The maximum atomic E-state index is 13.3. The summed E-state index contributed by atoms with van der Waals surface area (Å²) >= 11 is 3.00. The highest BCUT2D eigenvalue weighted by Crippen LogP contribution is 2.24. The highest BCUT2D eigenvalue weighted by molar-refractivity contribution is 7.86. The number of aromatic nitrogens is 1. The van der Waals surface area contributed by atoms with Crippen molar-refractivity contribution in [2.24, 2.45) is 0 Å². The average molecular weight is 475 g/mol. The summed E-state index contributed by atoms with van der Waals surface area (Å²) in [5.74, 6) is 0. The number of hydrogen-bond acceptors (Lipinski definition) is 5. The molecule has 2 aromatic carbocycles. The molecule has 1 heterocycles. The largest absolute Gasteiger partial charge is 0.444 e. The molecule has 170 valence electrons. The third kappa shape index (κ3) is 6.94. The van der Waals surface area contributed by atoms with Gasteiger partial charge in [-0.15, -0.1) is 0 Å². The van der Waals surface area contributed by atoms with Crippen molar-refractivity contribution in [2.75, 3.05) is 11.3 Å². The van der Waals surface area contributed by atoms with Crippen molar-refractivity contribution in [1.29, 1.82) is 0 Å². The molecule has 0 aliphatic rings. The summed E-state index contributed by atoms with van der Waals surface area (Å²) in [4.78, 5) is 16.3. The predicted molar refractivity (Wildman–Crippen MR) is 132 cm³/mol. The van der Waals surface area contributed by atoms with E-state index in [1.54, 1.807) is 33.2 Å². The summed E-state index contributed by atoms with van der Waals surface area (Å²) in [7, 11) is -1.53. The van der Waals surface area contributed by atoms with E-state index in [2.05, 4.69) is 27.9 Å². The van der Waals surface area contributed by atoms with Crippen LogP contribution in [0.1, 0.15) is 37.1 Å². The van der Waals surface area contributed by atoms with Crippen molar-refractivity contribution in [3.63, 3.8) is 0 Å². The molecule has 32 heavy (non-hydrogen) atoms. The number of hydrogen-bond donors (Lipinski definition) is 2. The van der Waals surface area contributed by atoms with Crippen LogP contribution in [0.4, 0.5) is 10.5 Å². The van der Waals surface area contributed by atoms with Gasteiger partial charge in [0.15, 0.2) is 0 Å². The van der Waals surface area contributed by atoms with Crippen LogP contribution in [0.2, 0.25) is 0 Å². The number of nitrogens with zero attached hydrogens (tertiary/aromatic N) is 1. The molecule has 7 nitrogen and oxygen atoms in total. The van der Waals surface area contributed by atoms with Crippen LogP contribution in [0.5, 0.6) is 0 Å². The second kappa shape index (κ2) is 10.8. The lowest BCUT2D eigenvalue weighted by molar-refractivity contribution is 0.0528. The van der Waals surface area contributed by atoms with Gasteiger partial charge in [0.2, 0.25) is 0 Å². The number of anilines is 1. The first-order valence-corrected chi connectivity index (χ1v) is 11.7. The number of carbonyl (C=O) groups excluding carboxylic acids is 1. The zero-order chi connectivity index (χ0) is 23.1. The van der Waals surface area contributed by atoms with E-state index in [1.807, 2.05) is 48.5 Å². The molecule has 1 amide bonds. The minimum atomic E-state index is -1.53. The molecule has 0 spiro atoms. The van der Waals surface area contributed by atoms with E-state index in [4.69, 9.17) is 8.92 Å². The Hall–Kier alpha value is -2.62. The number of rotatable bonds is 8. The Balaban J connectivity index is 1.79. The normalized spacial score (nSPS) is 13.4. The van der Waals surface area contributed by atoms with Crippen molar-refractivity contribution in [2.45, 2.75) is 38.2 Å². The van der Waals surface area contributed by atoms with Crippen molar-refractivity contribution < 1.29 is 17.9 Å². The average Bonchev–Trinajstić information content (AvgIpc) is 2.74. The molecule has 0 aliphatic heterocycles. The number of pyridine rings is 1. The molecular weight excluding hydrogens is 446 g/mol. The summed E-state index contributed by atoms with van der Waals surface area (Å²) < 4.78 is 26.7. The van der Waals surface area contributed by atoms with E-state index in [0.29, 0.717) is 12.3 Å². The molecule has 2 unspecified atom stereocenters. The fraction of sp³-hybridized carbons (Fsp3) is 0.304. The lowest BCUT2D eigenvalue weighted by atomic mass is 10.1. The van der Waals surface area contributed by atoms with Crippen LogP contribution in [0.15, 0.2) is 60.9 Å². The van der Waals surface area contributed by atoms with Gasteiger partial charge >= 0.3 is 6.09 Å². The molecular formula is C23H28N3O4S2+. The first-order chi connectivity index (χ1) is 15.2. The smallest absolute Gasteiger partial charge is 0.407 e. The van der Waals surface area contributed by atoms with E-state index < -0.39 is 27.9 Å². The molecule has 0 saturated carbocycles. The van der Waals surface area contributed by atoms with Gasteiger partial charge in [-0.3, -0.25) is 4.98 Å². The van der Waals surface area contributed by atoms with Gasteiger partial charge < -0.3 is 14.8 Å². The lowest BCUT2D eigenvalue weighted by Crippen LogP contribution is -2.36. The zero-order valence-electron chi connectivity index (χ0n) is 18.3. The van der Waals surface area contributed by atoms with Crippen molar-refractivity contribution >= 4 is 46.4 Å². The Labute approximate surface area is 196 Å². The Morgan fingerprint density at radius 3 is 2.56 bits per heavy atom. The zero-order valence-corrected chi connectivity index (χ0v) is 20.1. The maximum absolute atomic E-state index is 13.3. The molecule has 0 aliphatic carbocycles. The molecule has 2 N–H and O–H groups in total. The van der Waals surface area contributed by atoms with Crippen molar-refractivity contribution in [1.82, 2.24) is 10.3 Å². The van der Waals surface area contributed by atoms with Crippen LogP contribution in [0.3, 0.4) is 0 Å². The molecule has 2 atom stereocenters. The monoisotopic (exact) mass is 474 g/mol. The first kappa shape index (κ1) is 24.0. The SMILES string of the molecule is CC(C)(C)OC(=O)NCC(c1ccc(CO[SH2+])cc1)S(=O)Nc1ccc2cnccc2c1. The number of fused-ring (bicyclic) bond motifs is 1. The number of amides is 1. The number of carbonyl (C=O) groups is 1. The van der Waals surface area contributed by atoms with E-state index in [1.165, 1.54) is 0 Å². The van der Waals surface area contributed by atoms with Gasteiger partial charge in [0.1, 0.15) is 36.1 Å². The minimum Gasteiger partial charge on any atom is -0.444 e. The van der Waals surface area contributed by atoms with Crippen LogP contribution in [0.25, 0.3) is 10.8 Å². The van der Waals surface area contributed by atoms with Crippen molar-refractivity contribution in [3.8, 4) is 0 Å². The van der Waals surface area contributed by atoms with Gasteiger partial charge in [-0.25, -0.2) is 9.00 Å². The summed E-state index contributed by atoms with van der Waals surface area (Å²) in [6.07, 6.45) is 2.94. The standard InChI is InChI=1S/C23H27N3O4S2/c1-23(2,3)30-22(27)25-14-21(17-6-4-16(5-7-17)15-29-31)32(28)26-20-9-8-19-13-24-11-10-18(19)12-20/h4-13,21,26,31H,14-15H2,1-3H3,(H,25,27)/p+1. The van der Waals surface area contributed by atoms with Crippen LogP contribution >= 0.6 is 0 Å². The fourth-order valence-electron chi connectivity index (χ4n) is 3.05. The van der Waals surface area contributed by atoms with Gasteiger partial charge in [0.25, 0.3) is 0 Å². The molecule has 3 rings (SSSR count). The highest BCUT2D eigenvalue weighted by atomic mass is 32.2. The third-order valence-corrected chi connectivity index (χ3v) is 6.08. The Morgan fingerprint density at radius 1 is 1.12 bits per heavy atom. The van der Waals surface area contributed by atoms with E-state index in [0.717, 1.165) is 21.9 Å². The fourth-order valence-corrected chi connectivity index (χ4v) is 4.36. The lowest BCUT2D eigenvalue weighted by Gasteiger charge is -2.22. The predicted octanol–water partition coefficient (Wildman–Crippen LogP) is 4.02. The van der Waals surface area contributed by atoms with Gasteiger partial charge in [-0.1, -0.05) is 30.3 Å². The molecule has 1 aromatic heterocycles. The molecule has 9 heteroatoms. The second-order valence-corrected chi connectivity index (χ2v) is 9.90. The second-order valence-electron chi connectivity index (χ2n) is 8.24. The first-order valence-electron chi connectivity index (χ1n) is 10.1. The topological polar surface area (TPSA) is 89.5 Å². The van der Waals surface area contributed by atoms with E-state index in [9.17, 15) is 9.00 Å². The number of nitrogens with one attached hydrogen (secondary N) is 2. The summed E-state index contributed by atoms with van der Waals surface area (Å²) in [6, 6.07) is 15.2. The summed E-state index contributed by atoms with van der Waals surface area (Å²) in [5, 5.41) is 4.22. The maximum Gasteiger partial charge on any atom is 0.407 e. The Morgan fingerprint density at radius 2 is 1.88 bits per heavy atom. The molecule has 0 bridgehead atoms. The van der Waals surface area contributed by atoms with E-state index >= 15 is 0 Å². The van der Waals surface area contributed by atoms with Crippen molar-refractivity contribution in [3.05, 3.63) is 72.1 Å². The van der Waals surface area contributed by atoms with E-state index in [-0.39, 0.29) is 6.54 Å². The highest BCUT2D eigenvalue weighted by Gasteiger charge is 2.23. The summed E-state index contributed by atoms with van der Waals surface area (Å²) in [5.41, 5.74) is 1.88. The quantitative estimate of drug-likeness (QED) is 0.482. The van der Waals surface area contributed by atoms with Gasteiger partial charge in [0.05, 0.1) is 5.25 Å². The minimum absolute atomic E-state index is 0.139. The number of ether oxygens (including phenoxy) is 1. The molecule has 0 radical (unpaired) electrons. The molecule has 0 fully saturated rings.